The van der Waals surface area contributed by atoms with Crippen molar-refractivity contribution in [3.8, 4) is 5.75 Å². The van der Waals surface area contributed by atoms with Crippen LogP contribution in [0.2, 0.25) is 0 Å². The molecular formula is C10H10O4. The predicted octanol–water partition coefficient (Wildman–Crippen LogP) is 2.40. The molecule has 0 amide bonds. The lowest BCUT2D eigenvalue weighted by Gasteiger charge is -2.01. The number of carboxylic acid groups (broad SMARTS) is 1. The Labute approximate surface area is 81.3 Å². The van der Waals surface area contributed by atoms with E-state index >= 15 is 0 Å². The maximum atomic E-state index is 9.98. The standard InChI is InChI=1S/C10H10O4/c1-2-3-8-4-6-9(7-5-8)13-14-10(11)12/h2,4-7H,1,3H2,(H,11,12). The molecule has 1 aromatic rings. The van der Waals surface area contributed by atoms with Crippen LogP contribution in [-0.4, -0.2) is 11.3 Å². The van der Waals surface area contributed by atoms with Gasteiger partial charge in [0.1, 0.15) is 0 Å². The zero-order valence-electron chi connectivity index (χ0n) is 7.47. The summed E-state index contributed by atoms with van der Waals surface area (Å²) in [6.45, 7) is 3.60. The van der Waals surface area contributed by atoms with Gasteiger partial charge >= 0.3 is 6.16 Å². The van der Waals surface area contributed by atoms with Gasteiger partial charge in [-0.15, -0.1) is 6.58 Å². The molecule has 14 heavy (non-hydrogen) atoms. The van der Waals surface area contributed by atoms with E-state index in [1.807, 2.05) is 12.1 Å². The van der Waals surface area contributed by atoms with E-state index in [0.29, 0.717) is 5.75 Å². The number of rotatable bonds is 4. The molecule has 4 heteroatoms. The summed E-state index contributed by atoms with van der Waals surface area (Å²) in [6.07, 6.45) is 1.07. The van der Waals surface area contributed by atoms with Gasteiger partial charge in [0, 0.05) is 0 Å². The first kappa shape index (κ1) is 10.1. The first-order chi connectivity index (χ1) is 6.72. The van der Waals surface area contributed by atoms with Gasteiger partial charge in [-0.3, -0.25) is 4.89 Å². The monoisotopic (exact) mass is 194 g/mol. The van der Waals surface area contributed by atoms with Gasteiger partial charge in [0.25, 0.3) is 0 Å². The van der Waals surface area contributed by atoms with Gasteiger partial charge in [-0.1, -0.05) is 18.2 Å². The highest BCUT2D eigenvalue weighted by Gasteiger charge is 1.99. The molecule has 0 aliphatic carbocycles. The Morgan fingerprint density at radius 3 is 2.57 bits per heavy atom. The number of hydrogen-bond donors (Lipinski definition) is 1. The van der Waals surface area contributed by atoms with Gasteiger partial charge in [-0.25, -0.2) is 9.68 Å². The quantitative estimate of drug-likeness (QED) is 0.454. The van der Waals surface area contributed by atoms with E-state index in [4.69, 9.17) is 5.11 Å². The fraction of sp³-hybridized carbons (Fsp3) is 0.100. The third-order valence-electron chi connectivity index (χ3n) is 1.51. The third kappa shape index (κ3) is 3.18. The Hall–Kier alpha value is -1.97. The Bertz CT molecular complexity index is 315. The summed E-state index contributed by atoms with van der Waals surface area (Å²) in [6, 6.07) is 6.87. The molecule has 0 unspecified atom stereocenters. The highest BCUT2D eigenvalue weighted by Crippen LogP contribution is 2.12. The second-order valence-electron chi connectivity index (χ2n) is 2.57. The number of carbonyl (C=O) groups is 1. The summed E-state index contributed by atoms with van der Waals surface area (Å²) in [5.41, 5.74) is 1.07. The van der Waals surface area contributed by atoms with Crippen LogP contribution in [0.5, 0.6) is 5.75 Å². The lowest BCUT2D eigenvalue weighted by atomic mass is 10.1. The summed E-state index contributed by atoms with van der Waals surface area (Å²) in [5, 5.41) is 8.15. The van der Waals surface area contributed by atoms with E-state index in [0.717, 1.165) is 12.0 Å². The van der Waals surface area contributed by atoms with Crippen molar-refractivity contribution in [2.45, 2.75) is 6.42 Å². The van der Waals surface area contributed by atoms with Gasteiger partial charge in [0.05, 0.1) is 0 Å². The summed E-state index contributed by atoms with van der Waals surface area (Å²) >= 11 is 0. The molecule has 1 N–H and O–H groups in total. The molecule has 1 rings (SSSR count). The Balaban J connectivity index is 2.54. The molecule has 1 aromatic carbocycles. The molecule has 0 fully saturated rings. The molecule has 0 aliphatic rings. The van der Waals surface area contributed by atoms with E-state index in [1.54, 1.807) is 18.2 Å². The van der Waals surface area contributed by atoms with Gasteiger partial charge in [-0.2, -0.15) is 0 Å². The van der Waals surface area contributed by atoms with E-state index in [2.05, 4.69) is 16.4 Å². The van der Waals surface area contributed by atoms with Crippen molar-refractivity contribution < 1.29 is 19.7 Å². The van der Waals surface area contributed by atoms with Crippen LogP contribution in [0.1, 0.15) is 5.56 Å². The molecule has 0 saturated heterocycles. The summed E-state index contributed by atoms with van der Waals surface area (Å²) < 4.78 is 0. The van der Waals surface area contributed by atoms with Crippen molar-refractivity contribution in [2.24, 2.45) is 0 Å². The van der Waals surface area contributed by atoms with Crippen molar-refractivity contribution in [1.29, 1.82) is 0 Å². The summed E-state index contributed by atoms with van der Waals surface area (Å²) in [7, 11) is 0. The topological polar surface area (TPSA) is 55.8 Å². The second kappa shape index (κ2) is 4.91. The molecule has 74 valence electrons. The van der Waals surface area contributed by atoms with E-state index in [1.165, 1.54) is 0 Å². The van der Waals surface area contributed by atoms with Crippen LogP contribution in [0, 0.1) is 0 Å². The van der Waals surface area contributed by atoms with Crippen molar-refractivity contribution in [3.05, 3.63) is 42.5 Å². The zero-order valence-corrected chi connectivity index (χ0v) is 7.47. The summed E-state index contributed by atoms with van der Waals surface area (Å²) in [5.74, 6) is 0.347. The zero-order chi connectivity index (χ0) is 10.4. The average molecular weight is 194 g/mol. The van der Waals surface area contributed by atoms with Crippen LogP contribution in [0.15, 0.2) is 36.9 Å². The lowest BCUT2D eigenvalue weighted by molar-refractivity contribution is -0.161. The predicted molar refractivity (Wildman–Crippen MR) is 50.1 cm³/mol. The maximum Gasteiger partial charge on any atom is 0.547 e. The van der Waals surface area contributed by atoms with E-state index in [9.17, 15) is 4.79 Å². The van der Waals surface area contributed by atoms with Crippen molar-refractivity contribution in [3.63, 3.8) is 0 Å². The average Bonchev–Trinajstić information content (AvgIpc) is 2.17. The molecular weight excluding hydrogens is 184 g/mol. The minimum atomic E-state index is -1.47. The first-order valence-corrected chi connectivity index (χ1v) is 3.99. The van der Waals surface area contributed by atoms with Crippen molar-refractivity contribution in [2.75, 3.05) is 0 Å². The maximum absolute atomic E-state index is 9.98. The first-order valence-electron chi connectivity index (χ1n) is 3.99. The number of allylic oxidation sites excluding steroid dienone is 1. The van der Waals surface area contributed by atoms with Crippen LogP contribution in [-0.2, 0) is 11.3 Å². The smallest absolute Gasteiger partial charge is 0.447 e. The third-order valence-corrected chi connectivity index (χ3v) is 1.51. The van der Waals surface area contributed by atoms with Crippen LogP contribution in [0.4, 0.5) is 4.79 Å². The Kier molecular flexibility index (Phi) is 3.55. The Morgan fingerprint density at radius 2 is 2.07 bits per heavy atom. The van der Waals surface area contributed by atoms with E-state index < -0.39 is 6.16 Å². The highest BCUT2D eigenvalue weighted by molar-refractivity contribution is 5.56. The molecule has 0 heterocycles. The van der Waals surface area contributed by atoms with Crippen LogP contribution < -0.4 is 4.89 Å². The van der Waals surface area contributed by atoms with Crippen molar-refractivity contribution in [1.82, 2.24) is 0 Å². The number of benzene rings is 1. The second-order valence-corrected chi connectivity index (χ2v) is 2.57. The molecule has 0 aliphatic heterocycles. The molecule has 0 spiro atoms. The molecule has 0 radical (unpaired) electrons. The Morgan fingerprint density at radius 1 is 1.43 bits per heavy atom. The summed E-state index contributed by atoms with van der Waals surface area (Å²) in [4.78, 5) is 18.4. The van der Waals surface area contributed by atoms with Gasteiger partial charge in [0.15, 0.2) is 5.75 Å². The van der Waals surface area contributed by atoms with Gasteiger partial charge < -0.3 is 5.11 Å². The normalized spacial score (nSPS) is 9.14. The van der Waals surface area contributed by atoms with Crippen LogP contribution in [0.25, 0.3) is 0 Å². The van der Waals surface area contributed by atoms with Gasteiger partial charge in [-0.05, 0) is 24.1 Å². The largest absolute Gasteiger partial charge is 0.547 e. The lowest BCUT2D eigenvalue weighted by Crippen LogP contribution is -2.03. The minimum absolute atomic E-state index is 0.347. The van der Waals surface area contributed by atoms with Crippen LogP contribution in [0.3, 0.4) is 0 Å². The molecule has 0 saturated carbocycles. The fourth-order valence-electron chi connectivity index (χ4n) is 0.932. The van der Waals surface area contributed by atoms with E-state index in [-0.39, 0.29) is 0 Å². The molecule has 0 bridgehead atoms. The molecule has 0 atom stereocenters. The van der Waals surface area contributed by atoms with Crippen molar-refractivity contribution >= 4 is 6.16 Å². The molecule has 0 aromatic heterocycles. The molecule has 4 nitrogen and oxygen atoms in total. The highest BCUT2D eigenvalue weighted by atomic mass is 17.2. The van der Waals surface area contributed by atoms with Crippen LogP contribution >= 0.6 is 0 Å². The minimum Gasteiger partial charge on any atom is -0.447 e. The van der Waals surface area contributed by atoms with Gasteiger partial charge in [0.2, 0.25) is 0 Å². The SMILES string of the molecule is C=CCc1ccc(OOC(=O)O)cc1. The number of hydrogen-bond acceptors (Lipinski definition) is 3. The fourth-order valence-corrected chi connectivity index (χ4v) is 0.932.